The molecule has 4 heterocycles. The number of rotatable bonds is 4. The number of nitrogens with one attached hydrogen (secondary N) is 2. The number of aryl methyl sites for hydroxylation is 1. The number of pyridine rings is 1. The van der Waals surface area contributed by atoms with Crippen LogP contribution in [0.3, 0.4) is 0 Å². The van der Waals surface area contributed by atoms with E-state index in [1.165, 1.54) is 5.56 Å². The molecule has 34 heavy (non-hydrogen) atoms. The number of hydrogen-bond donors (Lipinski definition) is 2. The van der Waals surface area contributed by atoms with Crippen LogP contribution in [0, 0.1) is 12.8 Å². The Morgan fingerprint density at radius 3 is 2.91 bits per heavy atom. The Morgan fingerprint density at radius 1 is 1.26 bits per heavy atom. The fourth-order valence-electron chi connectivity index (χ4n) is 4.64. The number of guanidine groups is 1. The molecule has 0 saturated carbocycles. The first-order chi connectivity index (χ1) is 16.5. The molecule has 2 unspecified atom stereocenters. The van der Waals surface area contributed by atoms with Crippen LogP contribution in [0.15, 0.2) is 40.4 Å². The van der Waals surface area contributed by atoms with Gasteiger partial charge in [0, 0.05) is 54.4 Å². The van der Waals surface area contributed by atoms with E-state index in [0.717, 1.165) is 72.6 Å². The summed E-state index contributed by atoms with van der Waals surface area (Å²) < 4.78 is 5.45. The molecule has 0 bridgehead atoms. The summed E-state index contributed by atoms with van der Waals surface area (Å²) in [6.07, 6.45) is 3.61. The highest BCUT2D eigenvalue weighted by atomic mass is 35.5. The Morgan fingerprint density at radius 2 is 2.09 bits per heavy atom. The van der Waals surface area contributed by atoms with E-state index in [4.69, 9.17) is 38.5 Å². The Balaban J connectivity index is 1.38. The summed E-state index contributed by atoms with van der Waals surface area (Å²) >= 11 is 11.8. The summed E-state index contributed by atoms with van der Waals surface area (Å²) in [6, 6.07) is 8.02. The van der Waals surface area contributed by atoms with Crippen LogP contribution < -0.4 is 10.6 Å². The van der Waals surface area contributed by atoms with Crippen molar-refractivity contribution in [3.63, 3.8) is 0 Å². The normalized spacial score (nSPS) is 22.6. The highest BCUT2D eigenvalue weighted by Crippen LogP contribution is 2.33. The summed E-state index contributed by atoms with van der Waals surface area (Å²) in [7, 11) is 0. The average molecular weight is 497 g/mol. The smallest absolute Gasteiger partial charge is 0.223 e. The van der Waals surface area contributed by atoms with Gasteiger partial charge in [0.05, 0.1) is 41.3 Å². The van der Waals surface area contributed by atoms with Crippen molar-refractivity contribution in [2.45, 2.75) is 32.7 Å². The highest BCUT2D eigenvalue weighted by molar-refractivity contribution is 7.80. The number of fused-ring (bicyclic) bond motifs is 3. The number of ether oxygens (including phenoxy) is 1. The number of anilines is 2. The number of aromatic nitrogens is 1. The highest BCUT2D eigenvalue weighted by Gasteiger charge is 2.33. The molecule has 0 aliphatic carbocycles. The number of nitrogens with zero attached hydrogens (tertiary/aromatic N) is 4. The molecule has 1 aromatic heterocycles. The molecule has 1 fully saturated rings. The summed E-state index contributed by atoms with van der Waals surface area (Å²) in [5.41, 5.74) is 5.95. The lowest BCUT2D eigenvalue weighted by atomic mass is 9.88. The van der Waals surface area contributed by atoms with Crippen LogP contribution in [0.5, 0.6) is 0 Å². The molecule has 2 atom stereocenters. The van der Waals surface area contributed by atoms with Crippen molar-refractivity contribution < 1.29 is 4.74 Å². The average Bonchev–Trinajstić information content (AvgIpc) is 2.96. The van der Waals surface area contributed by atoms with Gasteiger partial charge in [-0.1, -0.05) is 23.8 Å². The fraction of sp³-hybridized carbons (Fsp3) is 0.440. The SMILES string of the molecule is Cc1ncc(CCN2CCOCC2)cc1NC1=NC(C)C2CC(=S)Nc3cc(Cl)ccc3C2=N1. The van der Waals surface area contributed by atoms with E-state index in [0.29, 0.717) is 17.4 Å². The van der Waals surface area contributed by atoms with Crippen molar-refractivity contribution in [2.24, 2.45) is 15.9 Å². The second-order valence-corrected chi connectivity index (χ2v) is 9.97. The number of benzene rings is 1. The summed E-state index contributed by atoms with van der Waals surface area (Å²) in [4.78, 5) is 17.7. The third-order valence-electron chi connectivity index (χ3n) is 6.63. The van der Waals surface area contributed by atoms with Gasteiger partial charge in [0.1, 0.15) is 0 Å². The molecule has 0 radical (unpaired) electrons. The van der Waals surface area contributed by atoms with Crippen molar-refractivity contribution in [3.05, 3.63) is 52.3 Å². The van der Waals surface area contributed by atoms with Crippen molar-refractivity contribution in [2.75, 3.05) is 43.5 Å². The van der Waals surface area contributed by atoms with Crippen molar-refractivity contribution >= 4 is 51.9 Å². The predicted octanol–water partition coefficient (Wildman–Crippen LogP) is 4.34. The zero-order chi connectivity index (χ0) is 23.7. The lowest BCUT2D eigenvalue weighted by molar-refractivity contribution is 0.0384. The molecule has 1 aromatic carbocycles. The largest absolute Gasteiger partial charge is 0.379 e. The van der Waals surface area contributed by atoms with Crippen LogP contribution in [0.2, 0.25) is 5.02 Å². The minimum atomic E-state index is 0.0362. The lowest BCUT2D eigenvalue weighted by Gasteiger charge is -2.27. The van der Waals surface area contributed by atoms with Gasteiger partial charge < -0.3 is 15.4 Å². The van der Waals surface area contributed by atoms with Gasteiger partial charge in [0.25, 0.3) is 0 Å². The molecule has 2 N–H and O–H groups in total. The quantitative estimate of drug-likeness (QED) is 0.613. The number of hydrogen-bond acceptors (Lipinski definition) is 7. The van der Waals surface area contributed by atoms with Gasteiger partial charge in [-0.25, -0.2) is 9.98 Å². The summed E-state index contributed by atoms with van der Waals surface area (Å²) in [5, 5.41) is 7.45. The molecule has 3 aliphatic heterocycles. The summed E-state index contributed by atoms with van der Waals surface area (Å²) in [6.45, 7) is 8.73. The zero-order valence-corrected chi connectivity index (χ0v) is 21.0. The van der Waals surface area contributed by atoms with E-state index in [1.807, 2.05) is 31.3 Å². The second-order valence-electron chi connectivity index (χ2n) is 9.04. The van der Waals surface area contributed by atoms with Gasteiger partial charge in [-0.2, -0.15) is 0 Å². The predicted molar refractivity (Wildman–Crippen MR) is 143 cm³/mol. The van der Waals surface area contributed by atoms with Crippen LogP contribution in [0.1, 0.15) is 30.2 Å². The monoisotopic (exact) mass is 496 g/mol. The van der Waals surface area contributed by atoms with Crippen LogP contribution in [-0.2, 0) is 11.2 Å². The molecule has 2 aromatic rings. The van der Waals surface area contributed by atoms with Crippen LogP contribution in [0.4, 0.5) is 11.4 Å². The van der Waals surface area contributed by atoms with Gasteiger partial charge in [0.2, 0.25) is 5.96 Å². The molecular formula is C25H29ClN6OS. The van der Waals surface area contributed by atoms with Crippen molar-refractivity contribution in [1.29, 1.82) is 0 Å². The molecule has 0 spiro atoms. The minimum Gasteiger partial charge on any atom is -0.379 e. The standard InChI is InChI=1S/C25H29ClN6OS/c1-15-20-13-23(34)29-22-12-18(26)3-4-19(22)24(20)31-25(28-15)30-21-11-17(14-27-16(21)2)5-6-32-7-9-33-10-8-32/h3-4,11-12,14-15,20H,5-10,13H2,1-2H3,(H,28,30)(H,29,34). The first-order valence-corrected chi connectivity index (χ1v) is 12.5. The maximum Gasteiger partial charge on any atom is 0.223 e. The Labute approximate surface area is 210 Å². The summed E-state index contributed by atoms with van der Waals surface area (Å²) in [5.74, 6) is 0.717. The number of halogens is 1. The van der Waals surface area contributed by atoms with E-state index < -0.39 is 0 Å². The Kier molecular flexibility index (Phi) is 6.92. The minimum absolute atomic E-state index is 0.0362. The van der Waals surface area contributed by atoms with Crippen LogP contribution in [-0.4, -0.2) is 65.4 Å². The van der Waals surface area contributed by atoms with Crippen molar-refractivity contribution in [3.8, 4) is 0 Å². The van der Waals surface area contributed by atoms with Crippen LogP contribution in [0.25, 0.3) is 0 Å². The third kappa shape index (κ3) is 5.15. The molecule has 9 heteroatoms. The first kappa shape index (κ1) is 23.4. The number of morpholine rings is 1. The lowest BCUT2D eigenvalue weighted by Crippen LogP contribution is -2.37. The van der Waals surface area contributed by atoms with Crippen molar-refractivity contribution in [1.82, 2.24) is 9.88 Å². The molecule has 0 amide bonds. The maximum atomic E-state index is 6.25. The molecular weight excluding hydrogens is 468 g/mol. The van der Waals surface area contributed by atoms with Gasteiger partial charge in [-0.05, 0) is 50.1 Å². The Hall–Kier alpha value is -2.39. The fourth-order valence-corrected chi connectivity index (χ4v) is 5.10. The van der Waals surface area contributed by atoms with E-state index in [1.54, 1.807) is 0 Å². The van der Waals surface area contributed by atoms with E-state index in [9.17, 15) is 0 Å². The zero-order valence-electron chi connectivity index (χ0n) is 19.5. The number of aliphatic imine (C=N–C) groups is 2. The maximum absolute atomic E-state index is 6.25. The molecule has 178 valence electrons. The van der Waals surface area contributed by atoms with E-state index >= 15 is 0 Å². The van der Waals surface area contributed by atoms with Gasteiger partial charge in [-0.3, -0.25) is 9.88 Å². The van der Waals surface area contributed by atoms with Crippen LogP contribution >= 0.6 is 23.8 Å². The van der Waals surface area contributed by atoms with Gasteiger partial charge in [-0.15, -0.1) is 0 Å². The Bertz CT molecular complexity index is 1160. The molecule has 7 nitrogen and oxygen atoms in total. The van der Waals surface area contributed by atoms with E-state index in [2.05, 4.69) is 33.5 Å². The molecule has 5 rings (SSSR count). The first-order valence-electron chi connectivity index (χ1n) is 11.7. The molecule has 3 aliphatic rings. The number of thiocarbonyl (C=S) groups is 1. The van der Waals surface area contributed by atoms with Gasteiger partial charge in [0.15, 0.2) is 0 Å². The van der Waals surface area contributed by atoms with E-state index in [-0.39, 0.29) is 12.0 Å². The third-order valence-corrected chi connectivity index (χ3v) is 7.14. The second kappa shape index (κ2) is 10.1. The topological polar surface area (TPSA) is 74.1 Å². The molecule has 1 saturated heterocycles. The van der Waals surface area contributed by atoms with Gasteiger partial charge >= 0.3 is 0 Å².